The molecule has 0 nitrogen and oxygen atoms in total. The van der Waals surface area contributed by atoms with Gasteiger partial charge in [0.1, 0.15) is 0 Å². The topological polar surface area (TPSA) is 0 Å². The highest BCUT2D eigenvalue weighted by atomic mass is 19.4. The average Bonchev–Trinajstić information content (AvgIpc) is 2.53. The summed E-state index contributed by atoms with van der Waals surface area (Å²) in [5.41, 5.74) is -1.88. The van der Waals surface area contributed by atoms with Crippen LogP contribution < -0.4 is 0 Å². The molecule has 28 heavy (non-hydrogen) atoms. The van der Waals surface area contributed by atoms with E-state index in [4.69, 9.17) is 0 Å². The Hall–Kier alpha value is -1.69. The second-order valence-electron chi connectivity index (χ2n) is 5.89. The lowest BCUT2D eigenvalue weighted by Crippen LogP contribution is -2.69. The van der Waals surface area contributed by atoms with Crippen molar-refractivity contribution >= 4 is 0 Å². The Labute approximate surface area is 149 Å². The molecule has 1 unspecified atom stereocenters. The molecule has 1 aromatic carbocycles. The molecule has 0 bridgehead atoms. The minimum atomic E-state index is -7.90. The third-order valence-electron chi connectivity index (χ3n) is 3.78. The molecule has 161 valence electrons. The zero-order valence-corrected chi connectivity index (χ0v) is 13.5. The third kappa shape index (κ3) is 3.30. The summed E-state index contributed by atoms with van der Waals surface area (Å²) in [6, 6.07) is 1.61. The molecule has 0 saturated heterocycles. The summed E-state index contributed by atoms with van der Waals surface area (Å²) in [6.07, 6.45) is -7.42. The van der Waals surface area contributed by atoms with E-state index in [1.165, 1.54) is 6.92 Å². The fourth-order valence-corrected chi connectivity index (χ4v) is 1.97. The van der Waals surface area contributed by atoms with E-state index in [0.29, 0.717) is 12.1 Å². The molecule has 13 heteroatoms. The first-order chi connectivity index (χ1) is 12.2. The number of rotatable bonds is 6. The summed E-state index contributed by atoms with van der Waals surface area (Å²) >= 11 is 0. The van der Waals surface area contributed by atoms with Crippen LogP contribution in [0.3, 0.4) is 0 Å². The van der Waals surface area contributed by atoms with Crippen LogP contribution in [0.15, 0.2) is 24.3 Å². The van der Waals surface area contributed by atoms with Gasteiger partial charge in [0.05, 0.1) is 0 Å². The molecule has 0 spiro atoms. The first-order valence-corrected chi connectivity index (χ1v) is 7.05. The van der Waals surface area contributed by atoms with Gasteiger partial charge in [0.25, 0.3) is 0 Å². The Kier molecular flexibility index (Phi) is 5.81. The molecule has 0 heterocycles. The number of benzene rings is 1. The fraction of sp³-hybridized carbons (Fsp3) is 0.533. The molecule has 0 aliphatic rings. The summed E-state index contributed by atoms with van der Waals surface area (Å²) < 4.78 is 170. The van der Waals surface area contributed by atoms with Crippen molar-refractivity contribution in [3.8, 4) is 0 Å². The molecule has 1 aromatic rings. The molecule has 0 fully saturated rings. The Balaban J connectivity index is 3.52. The predicted octanol–water partition coefficient (Wildman–Crippen LogP) is 6.82. The molecule has 0 amide bonds. The van der Waals surface area contributed by atoms with Crippen molar-refractivity contribution in [3.05, 3.63) is 42.3 Å². The average molecular weight is 437 g/mol. The fourth-order valence-electron chi connectivity index (χ4n) is 1.97. The summed E-state index contributed by atoms with van der Waals surface area (Å²) in [4.78, 5) is 0. The zero-order valence-electron chi connectivity index (χ0n) is 13.5. The molecule has 0 saturated carbocycles. The summed E-state index contributed by atoms with van der Waals surface area (Å²) in [7, 11) is 0. The Morgan fingerprint density at radius 3 is 1.29 bits per heavy atom. The van der Waals surface area contributed by atoms with Crippen molar-refractivity contribution in [2.75, 3.05) is 0 Å². The number of alkyl halides is 13. The van der Waals surface area contributed by atoms with Crippen LogP contribution in [0.25, 0.3) is 0 Å². The van der Waals surface area contributed by atoms with Crippen molar-refractivity contribution < 1.29 is 57.1 Å². The number of hydrogen-bond donors (Lipinski definition) is 0. The highest BCUT2D eigenvalue weighted by molar-refractivity contribution is 5.31. The van der Waals surface area contributed by atoms with Gasteiger partial charge < -0.3 is 0 Å². The molecular weight excluding hydrogens is 427 g/mol. The first kappa shape index (κ1) is 24.3. The predicted molar refractivity (Wildman–Crippen MR) is 70.0 cm³/mol. The van der Waals surface area contributed by atoms with E-state index in [1.807, 2.05) is 0 Å². The van der Waals surface area contributed by atoms with Crippen LogP contribution in [0.4, 0.5) is 57.1 Å². The van der Waals surface area contributed by atoms with Gasteiger partial charge in [0.15, 0.2) is 0 Å². The highest BCUT2D eigenvalue weighted by Crippen LogP contribution is 2.62. The maximum absolute atomic E-state index is 13.9. The van der Waals surface area contributed by atoms with Gasteiger partial charge in [-0.25, -0.2) is 0 Å². The van der Waals surface area contributed by atoms with Crippen LogP contribution in [0, 0.1) is 6.92 Å². The smallest absolute Gasteiger partial charge is 0.194 e. The minimum absolute atomic E-state index is 0.112. The van der Waals surface area contributed by atoms with E-state index in [9.17, 15) is 57.1 Å². The molecule has 0 N–H and O–H groups in total. The second-order valence-corrected chi connectivity index (χ2v) is 5.89. The number of halogens is 13. The van der Waals surface area contributed by atoms with Crippen LogP contribution >= 0.6 is 0 Å². The van der Waals surface area contributed by atoms with Crippen molar-refractivity contribution in [1.29, 1.82) is 0 Å². The summed E-state index contributed by atoms with van der Waals surface area (Å²) in [6.45, 7) is 4.84. The minimum Gasteiger partial charge on any atom is -0.194 e. The standard InChI is InChI=1S/C15H10F13/c1-7(2)8-3-5-9(6-4-8)10(16,17)11(18,19)12(20,21)13(22,23)14(24,25)15(26,27)28/h3-7H,1H2,2H3. The number of hydrogen-bond acceptors (Lipinski definition) is 0. The zero-order chi connectivity index (χ0) is 22.6. The van der Waals surface area contributed by atoms with Gasteiger partial charge in [-0.3, -0.25) is 0 Å². The van der Waals surface area contributed by atoms with E-state index in [1.54, 1.807) is 0 Å². The van der Waals surface area contributed by atoms with E-state index in [-0.39, 0.29) is 17.7 Å². The normalized spacial score (nSPS) is 15.3. The molecule has 1 rings (SSSR count). The molecule has 1 atom stereocenters. The summed E-state index contributed by atoms with van der Waals surface area (Å²) in [5.74, 6) is -37.6. The molecular formula is C15H10F13. The van der Waals surface area contributed by atoms with Crippen LogP contribution in [-0.2, 0) is 5.92 Å². The lowest BCUT2D eigenvalue weighted by Gasteiger charge is -2.39. The third-order valence-corrected chi connectivity index (χ3v) is 3.78. The maximum atomic E-state index is 13.9. The van der Waals surface area contributed by atoms with E-state index in [0.717, 1.165) is 0 Å². The van der Waals surface area contributed by atoms with Gasteiger partial charge in [-0.15, -0.1) is 0 Å². The monoisotopic (exact) mass is 437 g/mol. The maximum Gasteiger partial charge on any atom is 0.460 e. The van der Waals surface area contributed by atoms with Crippen molar-refractivity contribution in [2.45, 2.75) is 48.6 Å². The van der Waals surface area contributed by atoms with Crippen molar-refractivity contribution in [2.24, 2.45) is 0 Å². The lowest BCUT2D eigenvalue weighted by atomic mass is 9.89. The second kappa shape index (κ2) is 6.68. The Morgan fingerprint density at radius 2 is 0.964 bits per heavy atom. The highest BCUT2D eigenvalue weighted by Gasteiger charge is 2.90. The van der Waals surface area contributed by atoms with Crippen LogP contribution in [0.5, 0.6) is 0 Å². The van der Waals surface area contributed by atoms with E-state index >= 15 is 0 Å². The van der Waals surface area contributed by atoms with Gasteiger partial charge in [-0.1, -0.05) is 31.2 Å². The van der Waals surface area contributed by atoms with Gasteiger partial charge in [0, 0.05) is 5.56 Å². The quantitative estimate of drug-likeness (QED) is 0.429. The molecule has 0 aromatic heterocycles. The van der Waals surface area contributed by atoms with E-state index in [2.05, 4.69) is 6.92 Å². The molecule has 0 aliphatic carbocycles. The van der Waals surface area contributed by atoms with Gasteiger partial charge in [-0.2, -0.15) is 57.1 Å². The van der Waals surface area contributed by atoms with Gasteiger partial charge in [-0.05, 0) is 18.4 Å². The molecule has 0 aliphatic heterocycles. The lowest BCUT2D eigenvalue weighted by molar-refractivity contribution is -0.441. The van der Waals surface area contributed by atoms with Crippen molar-refractivity contribution in [3.63, 3.8) is 0 Å². The van der Waals surface area contributed by atoms with Gasteiger partial charge in [0.2, 0.25) is 0 Å². The van der Waals surface area contributed by atoms with E-state index < -0.39 is 47.3 Å². The Morgan fingerprint density at radius 1 is 0.607 bits per heavy atom. The Bertz CT molecular complexity index is 683. The van der Waals surface area contributed by atoms with Crippen LogP contribution in [0.1, 0.15) is 24.0 Å². The molecule has 1 radical (unpaired) electrons. The van der Waals surface area contributed by atoms with Gasteiger partial charge >= 0.3 is 35.8 Å². The largest absolute Gasteiger partial charge is 0.460 e. The van der Waals surface area contributed by atoms with Crippen LogP contribution in [-0.4, -0.2) is 29.9 Å². The first-order valence-electron chi connectivity index (χ1n) is 7.05. The van der Waals surface area contributed by atoms with Crippen molar-refractivity contribution in [1.82, 2.24) is 0 Å². The summed E-state index contributed by atoms with van der Waals surface area (Å²) in [5, 5.41) is 0. The van der Waals surface area contributed by atoms with Crippen LogP contribution in [0.2, 0.25) is 0 Å². The SMILES string of the molecule is [CH2]C(C)c1ccc(C(F)(F)C(F)(F)C(F)(F)C(F)(F)C(F)(F)C(F)(F)F)cc1.